The van der Waals surface area contributed by atoms with Gasteiger partial charge in [-0.2, -0.15) is 11.8 Å². The summed E-state index contributed by atoms with van der Waals surface area (Å²) in [5.41, 5.74) is 1.08. The number of rotatable bonds is 4. The number of benzene rings is 1. The van der Waals surface area contributed by atoms with E-state index in [0.717, 1.165) is 16.4 Å². The fourth-order valence-electron chi connectivity index (χ4n) is 1.44. The predicted molar refractivity (Wildman–Crippen MR) is 71.1 cm³/mol. The molecule has 0 fully saturated rings. The van der Waals surface area contributed by atoms with E-state index in [1.165, 1.54) is 4.70 Å². The highest BCUT2D eigenvalue weighted by atomic mass is 32.2. The Kier molecular flexibility index (Phi) is 3.49. The Balaban J connectivity index is 2.15. The molecule has 0 saturated heterocycles. The van der Waals surface area contributed by atoms with Crippen molar-refractivity contribution in [1.82, 2.24) is 4.98 Å². The third-order valence-corrected chi connectivity index (χ3v) is 3.88. The molecule has 1 aromatic carbocycles. The van der Waals surface area contributed by atoms with Crippen molar-refractivity contribution >= 4 is 38.4 Å². The molecule has 2 aromatic rings. The first-order chi connectivity index (χ1) is 7.29. The first kappa shape index (κ1) is 10.8. The highest BCUT2D eigenvalue weighted by Crippen LogP contribution is 2.25. The Morgan fingerprint density at radius 3 is 3.00 bits per heavy atom. The second kappa shape index (κ2) is 4.86. The van der Waals surface area contributed by atoms with Crippen LogP contribution in [0.15, 0.2) is 24.3 Å². The molecule has 15 heavy (non-hydrogen) atoms. The summed E-state index contributed by atoms with van der Waals surface area (Å²) in [6.07, 6.45) is 2.12. The SMILES string of the molecule is CSCC(C)Nc1nc2ccccc2s1. The number of hydrogen-bond acceptors (Lipinski definition) is 4. The van der Waals surface area contributed by atoms with E-state index in [4.69, 9.17) is 0 Å². The molecule has 1 heterocycles. The van der Waals surface area contributed by atoms with Gasteiger partial charge in [0.2, 0.25) is 0 Å². The fraction of sp³-hybridized carbons (Fsp3) is 0.364. The number of thiazole rings is 1. The Labute approximate surface area is 98.1 Å². The Bertz CT molecular complexity index is 406. The first-order valence-electron chi connectivity index (χ1n) is 4.90. The normalized spacial score (nSPS) is 12.9. The zero-order chi connectivity index (χ0) is 10.7. The Hall–Kier alpha value is -0.740. The van der Waals surface area contributed by atoms with Crippen LogP contribution in [0.25, 0.3) is 10.2 Å². The van der Waals surface area contributed by atoms with Gasteiger partial charge in [-0.05, 0) is 25.3 Å². The number of nitrogens with zero attached hydrogens (tertiary/aromatic N) is 1. The fourth-order valence-corrected chi connectivity index (χ4v) is 3.00. The predicted octanol–water partition coefficient (Wildman–Crippen LogP) is 3.46. The van der Waals surface area contributed by atoms with Gasteiger partial charge in [0, 0.05) is 11.8 Å². The summed E-state index contributed by atoms with van der Waals surface area (Å²) < 4.78 is 1.25. The standard InChI is InChI=1S/C11H14N2S2/c1-8(7-14-2)12-11-13-9-5-3-4-6-10(9)15-11/h3-6,8H,7H2,1-2H3,(H,12,13). The van der Waals surface area contributed by atoms with Crippen molar-refractivity contribution in [3.8, 4) is 0 Å². The van der Waals surface area contributed by atoms with Gasteiger partial charge in [0.1, 0.15) is 0 Å². The average molecular weight is 238 g/mol. The van der Waals surface area contributed by atoms with Gasteiger partial charge in [-0.15, -0.1) is 0 Å². The molecular weight excluding hydrogens is 224 g/mol. The van der Waals surface area contributed by atoms with Crippen molar-refractivity contribution in [3.05, 3.63) is 24.3 Å². The summed E-state index contributed by atoms with van der Waals surface area (Å²) in [6.45, 7) is 2.18. The van der Waals surface area contributed by atoms with Crippen LogP contribution in [0.2, 0.25) is 0 Å². The van der Waals surface area contributed by atoms with Crippen molar-refractivity contribution in [1.29, 1.82) is 0 Å². The summed E-state index contributed by atoms with van der Waals surface area (Å²) in [7, 11) is 0. The molecule has 4 heteroatoms. The largest absolute Gasteiger partial charge is 0.358 e. The minimum atomic E-state index is 0.473. The number of fused-ring (bicyclic) bond motifs is 1. The van der Waals surface area contributed by atoms with Crippen molar-refractivity contribution in [2.24, 2.45) is 0 Å². The second-order valence-electron chi connectivity index (χ2n) is 3.49. The van der Waals surface area contributed by atoms with Gasteiger partial charge < -0.3 is 5.32 Å². The van der Waals surface area contributed by atoms with Crippen molar-refractivity contribution in [3.63, 3.8) is 0 Å². The molecule has 1 N–H and O–H groups in total. The van der Waals surface area contributed by atoms with Crippen LogP contribution in [0.4, 0.5) is 5.13 Å². The highest BCUT2D eigenvalue weighted by Gasteiger charge is 2.05. The number of para-hydroxylation sites is 1. The van der Waals surface area contributed by atoms with Crippen LogP contribution >= 0.6 is 23.1 Å². The molecule has 0 spiro atoms. The molecular formula is C11H14N2S2. The van der Waals surface area contributed by atoms with E-state index in [2.05, 4.69) is 41.7 Å². The Morgan fingerprint density at radius 2 is 2.27 bits per heavy atom. The number of thioether (sulfide) groups is 1. The van der Waals surface area contributed by atoms with Crippen molar-refractivity contribution in [2.75, 3.05) is 17.3 Å². The summed E-state index contributed by atoms with van der Waals surface area (Å²) in [6, 6.07) is 8.71. The monoisotopic (exact) mass is 238 g/mol. The molecule has 2 nitrogen and oxygen atoms in total. The lowest BCUT2D eigenvalue weighted by Gasteiger charge is -2.09. The molecule has 1 atom stereocenters. The summed E-state index contributed by atoms with van der Waals surface area (Å²) in [4.78, 5) is 4.53. The lowest BCUT2D eigenvalue weighted by molar-refractivity contribution is 0.912. The summed E-state index contributed by atoms with van der Waals surface area (Å²) >= 11 is 3.57. The number of anilines is 1. The molecule has 0 radical (unpaired) electrons. The van der Waals surface area contributed by atoms with E-state index in [-0.39, 0.29) is 0 Å². The van der Waals surface area contributed by atoms with E-state index in [1.807, 2.05) is 17.8 Å². The maximum absolute atomic E-state index is 4.53. The molecule has 0 saturated carbocycles. The zero-order valence-corrected chi connectivity index (χ0v) is 10.5. The van der Waals surface area contributed by atoms with Gasteiger partial charge in [0.05, 0.1) is 10.2 Å². The van der Waals surface area contributed by atoms with Gasteiger partial charge in [0.15, 0.2) is 5.13 Å². The van der Waals surface area contributed by atoms with Crippen LogP contribution in [0.3, 0.4) is 0 Å². The van der Waals surface area contributed by atoms with Crippen molar-refractivity contribution in [2.45, 2.75) is 13.0 Å². The van der Waals surface area contributed by atoms with Crippen LogP contribution < -0.4 is 5.32 Å². The zero-order valence-electron chi connectivity index (χ0n) is 8.86. The number of aromatic nitrogens is 1. The van der Waals surface area contributed by atoms with E-state index < -0.39 is 0 Å². The van der Waals surface area contributed by atoms with E-state index in [1.54, 1.807) is 11.3 Å². The van der Waals surface area contributed by atoms with Crippen LogP contribution in [-0.2, 0) is 0 Å². The Morgan fingerprint density at radius 1 is 1.47 bits per heavy atom. The number of nitrogens with one attached hydrogen (secondary N) is 1. The van der Waals surface area contributed by atoms with E-state index in [0.29, 0.717) is 6.04 Å². The van der Waals surface area contributed by atoms with Crippen LogP contribution in [0.1, 0.15) is 6.92 Å². The molecule has 0 aliphatic heterocycles. The molecule has 0 amide bonds. The molecule has 0 aliphatic carbocycles. The summed E-state index contributed by atoms with van der Waals surface area (Å²) in [5.74, 6) is 1.11. The van der Waals surface area contributed by atoms with Gasteiger partial charge >= 0.3 is 0 Å². The van der Waals surface area contributed by atoms with Crippen LogP contribution in [0.5, 0.6) is 0 Å². The molecule has 0 bridgehead atoms. The summed E-state index contributed by atoms with van der Waals surface area (Å²) in [5, 5.41) is 4.44. The van der Waals surface area contributed by atoms with Crippen molar-refractivity contribution < 1.29 is 0 Å². The maximum atomic E-state index is 4.53. The lowest BCUT2D eigenvalue weighted by Crippen LogP contribution is -2.17. The molecule has 1 unspecified atom stereocenters. The minimum Gasteiger partial charge on any atom is -0.358 e. The topological polar surface area (TPSA) is 24.9 Å². The second-order valence-corrected chi connectivity index (χ2v) is 5.43. The van der Waals surface area contributed by atoms with E-state index >= 15 is 0 Å². The maximum Gasteiger partial charge on any atom is 0.184 e. The van der Waals surface area contributed by atoms with Gasteiger partial charge in [0.25, 0.3) is 0 Å². The average Bonchev–Trinajstić information content (AvgIpc) is 2.59. The third kappa shape index (κ3) is 2.63. The molecule has 1 aromatic heterocycles. The molecule has 0 aliphatic rings. The molecule has 80 valence electrons. The lowest BCUT2D eigenvalue weighted by atomic mass is 10.3. The third-order valence-electron chi connectivity index (χ3n) is 2.08. The van der Waals surface area contributed by atoms with Crippen LogP contribution in [0, 0.1) is 0 Å². The minimum absolute atomic E-state index is 0.473. The van der Waals surface area contributed by atoms with Gasteiger partial charge in [-0.25, -0.2) is 4.98 Å². The van der Waals surface area contributed by atoms with E-state index in [9.17, 15) is 0 Å². The quantitative estimate of drug-likeness (QED) is 0.883. The highest BCUT2D eigenvalue weighted by molar-refractivity contribution is 7.98. The van der Waals surface area contributed by atoms with Crippen LogP contribution in [-0.4, -0.2) is 23.0 Å². The first-order valence-corrected chi connectivity index (χ1v) is 7.11. The van der Waals surface area contributed by atoms with Gasteiger partial charge in [-0.3, -0.25) is 0 Å². The van der Waals surface area contributed by atoms with Gasteiger partial charge in [-0.1, -0.05) is 23.5 Å². The molecule has 2 rings (SSSR count). The smallest absolute Gasteiger partial charge is 0.184 e. The number of hydrogen-bond donors (Lipinski definition) is 1.